The standard InChI is InChI=1S/C13H15NO5/c1-16-11-6-13(18-3)12(17-2)5-9(11)10-4-8(7-15)19-14-10/h4-6,15H,7H2,1-3H3. The average Bonchev–Trinajstić information content (AvgIpc) is 2.94. The van der Waals surface area contributed by atoms with Gasteiger partial charge in [-0.15, -0.1) is 0 Å². The van der Waals surface area contributed by atoms with Crippen molar-refractivity contribution < 1.29 is 23.8 Å². The number of aromatic nitrogens is 1. The normalized spacial score (nSPS) is 10.3. The number of rotatable bonds is 5. The fourth-order valence-electron chi connectivity index (χ4n) is 1.74. The van der Waals surface area contributed by atoms with Crippen LogP contribution in [0.25, 0.3) is 11.3 Å². The molecule has 6 nitrogen and oxygen atoms in total. The molecule has 19 heavy (non-hydrogen) atoms. The Morgan fingerprint density at radius 2 is 1.63 bits per heavy atom. The van der Waals surface area contributed by atoms with Crippen molar-refractivity contribution in [1.82, 2.24) is 5.16 Å². The number of aliphatic hydroxyl groups excluding tert-OH is 1. The molecule has 2 rings (SSSR count). The first-order chi connectivity index (χ1) is 9.23. The first-order valence-corrected chi connectivity index (χ1v) is 5.60. The summed E-state index contributed by atoms with van der Waals surface area (Å²) in [5, 5.41) is 12.9. The molecular weight excluding hydrogens is 250 g/mol. The van der Waals surface area contributed by atoms with Crippen molar-refractivity contribution in [2.45, 2.75) is 6.61 Å². The Balaban J connectivity index is 2.54. The van der Waals surface area contributed by atoms with Gasteiger partial charge in [0.15, 0.2) is 17.3 Å². The molecule has 0 unspecified atom stereocenters. The molecule has 0 radical (unpaired) electrons. The largest absolute Gasteiger partial charge is 0.496 e. The van der Waals surface area contributed by atoms with E-state index >= 15 is 0 Å². The van der Waals surface area contributed by atoms with E-state index in [1.165, 1.54) is 0 Å². The molecule has 1 aromatic carbocycles. The molecular formula is C13H15NO5. The van der Waals surface area contributed by atoms with Crippen LogP contribution < -0.4 is 14.2 Å². The Kier molecular flexibility index (Phi) is 3.91. The number of hydrogen-bond acceptors (Lipinski definition) is 6. The lowest BCUT2D eigenvalue weighted by Gasteiger charge is -2.12. The number of benzene rings is 1. The van der Waals surface area contributed by atoms with Gasteiger partial charge in [-0.05, 0) is 6.07 Å². The Bertz CT molecular complexity index is 564. The minimum Gasteiger partial charge on any atom is -0.496 e. The molecule has 1 N–H and O–H groups in total. The maximum atomic E-state index is 9.00. The van der Waals surface area contributed by atoms with Crippen LogP contribution in [0.3, 0.4) is 0 Å². The van der Waals surface area contributed by atoms with Crippen molar-refractivity contribution in [3.05, 3.63) is 24.0 Å². The second-order valence-corrected chi connectivity index (χ2v) is 3.74. The van der Waals surface area contributed by atoms with E-state index < -0.39 is 0 Å². The van der Waals surface area contributed by atoms with Crippen LogP contribution in [0.4, 0.5) is 0 Å². The van der Waals surface area contributed by atoms with E-state index in [1.807, 2.05) is 0 Å². The fourth-order valence-corrected chi connectivity index (χ4v) is 1.74. The highest BCUT2D eigenvalue weighted by Crippen LogP contribution is 2.39. The van der Waals surface area contributed by atoms with Crippen LogP contribution in [0.15, 0.2) is 22.7 Å². The average molecular weight is 265 g/mol. The van der Waals surface area contributed by atoms with E-state index in [1.54, 1.807) is 39.5 Å². The third-order valence-corrected chi connectivity index (χ3v) is 2.70. The van der Waals surface area contributed by atoms with Gasteiger partial charge >= 0.3 is 0 Å². The lowest BCUT2D eigenvalue weighted by atomic mass is 10.1. The topological polar surface area (TPSA) is 74.0 Å². The van der Waals surface area contributed by atoms with Crippen LogP contribution in [0, 0.1) is 0 Å². The first kappa shape index (κ1) is 13.2. The Hall–Kier alpha value is -2.21. The maximum absolute atomic E-state index is 9.00. The summed E-state index contributed by atoms with van der Waals surface area (Å²) in [4.78, 5) is 0. The fraction of sp³-hybridized carbons (Fsp3) is 0.308. The maximum Gasteiger partial charge on any atom is 0.164 e. The van der Waals surface area contributed by atoms with E-state index in [9.17, 15) is 0 Å². The molecule has 0 saturated carbocycles. The summed E-state index contributed by atoms with van der Waals surface area (Å²) in [6.07, 6.45) is 0. The molecule has 0 saturated heterocycles. The van der Waals surface area contributed by atoms with Gasteiger partial charge in [0.2, 0.25) is 0 Å². The van der Waals surface area contributed by atoms with Gasteiger partial charge in [-0.1, -0.05) is 5.16 Å². The van der Waals surface area contributed by atoms with Crippen molar-refractivity contribution in [2.24, 2.45) is 0 Å². The first-order valence-electron chi connectivity index (χ1n) is 5.60. The molecule has 2 aromatic rings. The van der Waals surface area contributed by atoms with Crippen molar-refractivity contribution >= 4 is 0 Å². The lowest BCUT2D eigenvalue weighted by Crippen LogP contribution is -1.94. The van der Waals surface area contributed by atoms with Gasteiger partial charge in [0, 0.05) is 17.7 Å². The van der Waals surface area contributed by atoms with Gasteiger partial charge in [-0.3, -0.25) is 0 Å². The number of nitrogens with zero attached hydrogens (tertiary/aromatic N) is 1. The van der Waals surface area contributed by atoms with Crippen LogP contribution in [0.5, 0.6) is 17.2 Å². The molecule has 0 fully saturated rings. The second-order valence-electron chi connectivity index (χ2n) is 3.74. The second kappa shape index (κ2) is 5.62. The Morgan fingerprint density at radius 3 is 2.16 bits per heavy atom. The zero-order valence-corrected chi connectivity index (χ0v) is 11.0. The monoisotopic (exact) mass is 265 g/mol. The Morgan fingerprint density at radius 1 is 1.00 bits per heavy atom. The molecule has 0 amide bonds. The number of ether oxygens (including phenoxy) is 3. The molecule has 0 aliphatic carbocycles. The van der Waals surface area contributed by atoms with Crippen LogP contribution in [0.2, 0.25) is 0 Å². The minimum absolute atomic E-state index is 0.206. The van der Waals surface area contributed by atoms with Gasteiger partial charge < -0.3 is 23.8 Å². The van der Waals surface area contributed by atoms with Gasteiger partial charge in [0.1, 0.15) is 18.1 Å². The minimum atomic E-state index is -0.206. The summed E-state index contributed by atoms with van der Waals surface area (Å²) >= 11 is 0. The third-order valence-electron chi connectivity index (χ3n) is 2.70. The number of hydrogen-bond donors (Lipinski definition) is 1. The van der Waals surface area contributed by atoms with Crippen molar-refractivity contribution in [3.8, 4) is 28.5 Å². The molecule has 0 aliphatic rings. The SMILES string of the molecule is COc1cc(OC)c(-c2cc(CO)on2)cc1OC. The quantitative estimate of drug-likeness (QED) is 0.889. The summed E-state index contributed by atoms with van der Waals surface area (Å²) in [7, 11) is 4.66. The van der Waals surface area contributed by atoms with Crippen molar-refractivity contribution in [1.29, 1.82) is 0 Å². The summed E-state index contributed by atoms with van der Waals surface area (Å²) in [5.41, 5.74) is 1.26. The van der Waals surface area contributed by atoms with Crippen LogP contribution in [-0.2, 0) is 6.61 Å². The third kappa shape index (κ3) is 2.48. The van der Waals surface area contributed by atoms with E-state index in [2.05, 4.69) is 5.16 Å². The van der Waals surface area contributed by atoms with Gasteiger partial charge in [-0.2, -0.15) is 0 Å². The van der Waals surface area contributed by atoms with E-state index in [0.29, 0.717) is 34.3 Å². The molecule has 1 aromatic heterocycles. The van der Waals surface area contributed by atoms with Crippen LogP contribution in [-0.4, -0.2) is 31.6 Å². The summed E-state index contributed by atoms with van der Waals surface area (Å²) in [6.45, 7) is -0.206. The molecule has 102 valence electrons. The smallest absolute Gasteiger partial charge is 0.164 e. The summed E-state index contributed by atoms with van der Waals surface area (Å²) < 4.78 is 20.7. The lowest BCUT2D eigenvalue weighted by molar-refractivity contribution is 0.229. The molecule has 0 bridgehead atoms. The van der Waals surface area contributed by atoms with E-state index in [0.717, 1.165) is 0 Å². The molecule has 0 aliphatic heterocycles. The van der Waals surface area contributed by atoms with E-state index in [-0.39, 0.29) is 6.61 Å². The zero-order chi connectivity index (χ0) is 13.8. The van der Waals surface area contributed by atoms with E-state index in [4.69, 9.17) is 23.8 Å². The summed E-state index contributed by atoms with van der Waals surface area (Å²) in [5.74, 6) is 2.09. The van der Waals surface area contributed by atoms with Crippen molar-refractivity contribution in [2.75, 3.05) is 21.3 Å². The van der Waals surface area contributed by atoms with Crippen molar-refractivity contribution in [3.63, 3.8) is 0 Å². The van der Waals surface area contributed by atoms with Gasteiger partial charge in [0.05, 0.1) is 21.3 Å². The van der Waals surface area contributed by atoms with Gasteiger partial charge in [0.25, 0.3) is 0 Å². The predicted molar refractivity (Wildman–Crippen MR) is 67.5 cm³/mol. The van der Waals surface area contributed by atoms with Crippen LogP contribution >= 0.6 is 0 Å². The highest BCUT2D eigenvalue weighted by molar-refractivity contribution is 5.71. The van der Waals surface area contributed by atoms with Crippen LogP contribution in [0.1, 0.15) is 5.76 Å². The number of methoxy groups -OCH3 is 3. The van der Waals surface area contributed by atoms with Gasteiger partial charge in [-0.25, -0.2) is 0 Å². The highest BCUT2D eigenvalue weighted by Gasteiger charge is 2.16. The molecule has 1 heterocycles. The molecule has 0 spiro atoms. The predicted octanol–water partition coefficient (Wildman–Crippen LogP) is 1.86. The number of aliphatic hydroxyl groups is 1. The zero-order valence-electron chi connectivity index (χ0n) is 11.0. The highest BCUT2D eigenvalue weighted by atomic mass is 16.5. The Labute approximate surface area is 110 Å². The molecule has 6 heteroatoms. The molecule has 0 atom stereocenters. The summed E-state index contributed by atoms with van der Waals surface area (Å²) in [6, 6.07) is 5.10.